The maximum atomic E-state index is 13.6. The van der Waals surface area contributed by atoms with E-state index in [2.05, 4.69) is 4.98 Å². The summed E-state index contributed by atoms with van der Waals surface area (Å²) >= 11 is 12.4. The Bertz CT molecular complexity index is 1190. The molecule has 1 aromatic heterocycles. The van der Waals surface area contributed by atoms with Crippen LogP contribution >= 0.6 is 23.2 Å². The molecular weight excluding hydrogens is 471 g/mol. The van der Waals surface area contributed by atoms with Crippen LogP contribution < -0.4 is 9.64 Å². The van der Waals surface area contributed by atoms with Crippen molar-refractivity contribution in [2.45, 2.75) is 42.5 Å². The van der Waals surface area contributed by atoms with Gasteiger partial charge in [-0.3, -0.25) is 0 Å². The second-order valence-corrected chi connectivity index (χ2v) is 10.3. The van der Waals surface area contributed by atoms with Crippen LogP contribution in [0.25, 0.3) is 11.5 Å². The molecule has 0 aliphatic carbocycles. The van der Waals surface area contributed by atoms with Crippen molar-refractivity contribution in [3.05, 3.63) is 52.5 Å². The van der Waals surface area contributed by atoms with Crippen LogP contribution in [0.4, 0.5) is 5.88 Å². The molecule has 3 aromatic rings. The van der Waals surface area contributed by atoms with Crippen LogP contribution in [0.3, 0.4) is 0 Å². The first-order valence-corrected chi connectivity index (χ1v) is 12.8. The summed E-state index contributed by atoms with van der Waals surface area (Å²) in [6.45, 7) is 3.78. The highest BCUT2D eigenvalue weighted by atomic mass is 35.5. The highest BCUT2D eigenvalue weighted by molar-refractivity contribution is 7.91. The molecule has 0 atom stereocenters. The van der Waals surface area contributed by atoms with Crippen LogP contribution in [0.2, 0.25) is 10.0 Å². The van der Waals surface area contributed by atoms with E-state index in [1.54, 1.807) is 30.3 Å². The number of hydrogen-bond acceptors (Lipinski definition) is 6. The number of nitrogens with zero attached hydrogens (tertiary/aromatic N) is 2. The highest BCUT2D eigenvalue weighted by Crippen LogP contribution is 2.38. The molecule has 32 heavy (non-hydrogen) atoms. The van der Waals surface area contributed by atoms with Gasteiger partial charge in [0, 0.05) is 18.1 Å². The molecule has 6 nitrogen and oxygen atoms in total. The van der Waals surface area contributed by atoms with Crippen LogP contribution in [0.1, 0.15) is 32.6 Å². The fourth-order valence-electron chi connectivity index (χ4n) is 3.72. The van der Waals surface area contributed by atoms with Gasteiger partial charge < -0.3 is 14.1 Å². The van der Waals surface area contributed by atoms with E-state index in [1.165, 1.54) is 12.1 Å². The van der Waals surface area contributed by atoms with Crippen LogP contribution in [0.15, 0.2) is 56.8 Å². The lowest BCUT2D eigenvalue weighted by Crippen LogP contribution is -2.25. The number of hydrogen-bond donors (Lipinski definition) is 0. The van der Waals surface area contributed by atoms with E-state index >= 15 is 0 Å². The Balaban J connectivity index is 1.82. The lowest BCUT2D eigenvalue weighted by Gasteiger charge is -2.20. The Morgan fingerprint density at radius 2 is 1.72 bits per heavy atom. The Morgan fingerprint density at radius 1 is 1.03 bits per heavy atom. The summed E-state index contributed by atoms with van der Waals surface area (Å²) in [6.07, 6.45) is 4.11. The smallest absolute Gasteiger partial charge is 0.236 e. The van der Waals surface area contributed by atoms with Gasteiger partial charge in [0.1, 0.15) is 5.75 Å². The van der Waals surface area contributed by atoms with Crippen molar-refractivity contribution in [3.63, 3.8) is 0 Å². The number of sulfone groups is 1. The van der Waals surface area contributed by atoms with Gasteiger partial charge in [-0.15, -0.1) is 0 Å². The van der Waals surface area contributed by atoms with Crippen molar-refractivity contribution < 1.29 is 17.6 Å². The monoisotopic (exact) mass is 494 g/mol. The molecule has 2 heterocycles. The zero-order valence-electron chi connectivity index (χ0n) is 17.7. The molecule has 0 bridgehead atoms. The van der Waals surface area contributed by atoms with Gasteiger partial charge in [-0.1, -0.05) is 36.0 Å². The Labute approximate surface area is 198 Å². The molecule has 1 fully saturated rings. The quantitative estimate of drug-likeness (QED) is 0.402. The summed E-state index contributed by atoms with van der Waals surface area (Å²) in [7, 11) is -3.94. The molecular formula is C23H24Cl2N2O4S. The van der Waals surface area contributed by atoms with Crippen LogP contribution in [0, 0.1) is 0 Å². The number of halogens is 2. The minimum absolute atomic E-state index is 0.107. The summed E-state index contributed by atoms with van der Waals surface area (Å²) in [4.78, 5) is 6.52. The summed E-state index contributed by atoms with van der Waals surface area (Å²) in [5.74, 6) is 1.00. The van der Waals surface area contributed by atoms with Crippen molar-refractivity contribution in [3.8, 4) is 17.2 Å². The van der Waals surface area contributed by atoms with Gasteiger partial charge in [0.15, 0.2) is 0 Å². The van der Waals surface area contributed by atoms with Gasteiger partial charge >= 0.3 is 0 Å². The number of anilines is 1. The SMILES string of the molecule is CCOc1ccc(S(=O)(=O)c2nc(-c3ccc(Cl)cc3Cl)oc2N2CCCCCC2)cc1. The minimum atomic E-state index is -3.94. The Kier molecular flexibility index (Phi) is 6.98. The predicted molar refractivity (Wildman–Crippen MR) is 126 cm³/mol. The first-order valence-electron chi connectivity index (χ1n) is 10.6. The second kappa shape index (κ2) is 9.73. The zero-order valence-corrected chi connectivity index (χ0v) is 20.0. The van der Waals surface area contributed by atoms with Gasteiger partial charge in [0.25, 0.3) is 0 Å². The van der Waals surface area contributed by atoms with Crippen LogP contribution in [0.5, 0.6) is 5.75 Å². The van der Waals surface area contributed by atoms with Crippen molar-refractivity contribution in [2.24, 2.45) is 0 Å². The van der Waals surface area contributed by atoms with Crippen molar-refractivity contribution >= 4 is 38.9 Å². The van der Waals surface area contributed by atoms with Crippen LogP contribution in [-0.2, 0) is 9.84 Å². The van der Waals surface area contributed by atoms with Crippen LogP contribution in [-0.4, -0.2) is 33.1 Å². The number of ether oxygens (including phenoxy) is 1. The van der Waals surface area contributed by atoms with E-state index in [4.69, 9.17) is 32.4 Å². The van der Waals surface area contributed by atoms with E-state index < -0.39 is 9.84 Å². The molecule has 1 aliphatic rings. The van der Waals surface area contributed by atoms with Crippen molar-refractivity contribution in [2.75, 3.05) is 24.6 Å². The number of aromatic nitrogens is 1. The normalized spacial score (nSPS) is 14.9. The topological polar surface area (TPSA) is 72.6 Å². The average Bonchev–Trinajstić information content (AvgIpc) is 3.03. The van der Waals surface area contributed by atoms with E-state index in [-0.39, 0.29) is 21.7 Å². The predicted octanol–water partition coefficient (Wildman–Crippen LogP) is 6.26. The van der Waals surface area contributed by atoms with E-state index in [0.29, 0.717) is 41.1 Å². The first-order chi connectivity index (χ1) is 15.4. The molecule has 4 rings (SSSR count). The molecule has 0 amide bonds. The molecule has 0 saturated carbocycles. The van der Waals surface area contributed by atoms with Gasteiger partial charge in [-0.25, -0.2) is 8.42 Å². The van der Waals surface area contributed by atoms with Gasteiger partial charge in [0.05, 0.1) is 22.1 Å². The summed E-state index contributed by atoms with van der Waals surface area (Å²) in [5.41, 5.74) is 0.486. The molecule has 0 N–H and O–H groups in total. The first kappa shape index (κ1) is 23.0. The fourth-order valence-corrected chi connectivity index (χ4v) is 5.53. The summed E-state index contributed by atoms with van der Waals surface area (Å²) < 4.78 is 38.7. The van der Waals surface area contributed by atoms with Crippen molar-refractivity contribution in [1.82, 2.24) is 4.98 Å². The molecule has 170 valence electrons. The second-order valence-electron chi connectivity index (χ2n) is 7.56. The molecule has 1 saturated heterocycles. The fraction of sp³-hybridized carbons (Fsp3) is 0.348. The maximum Gasteiger partial charge on any atom is 0.236 e. The highest BCUT2D eigenvalue weighted by Gasteiger charge is 2.32. The third kappa shape index (κ3) is 4.75. The average molecular weight is 495 g/mol. The summed E-state index contributed by atoms with van der Waals surface area (Å²) in [6, 6.07) is 11.2. The lowest BCUT2D eigenvalue weighted by atomic mass is 10.2. The van der Waals surface area contributed by atoms with E-state index in [0.717, 1.165) is 25.7 Å². The number of rotatable bonds is 6. The molecule has 1 aliphatic heterocycles. The molecule has 0 spiro atoms. The Hall–Kier alpha value is -2.22. The standard InChI is InChI=1S/C23H24Cl2N2O4S/c1-2-30-17-8-10-18(11-9-17)32(28,29)22-23(27-13-5-3-4-6-14-27)31-21(26-22)19-12-7-16(24)15-20(19)25/h7-12,15H,2-6,13-14H2,1H3. The molecule has 0 radical (unpaired) electrons. The number of benzene rings is 2. The molecule has 0 unspecified atom stereocenters. The van der Waals surface area contributed by atoms with Gasteiger partial charge in [-0.2, -0.15) is 4.98 Å². The van der Waals surface area contributed by atoms with E-state index in [9.17, 15) is 8.42 Å². The van der Waals surface area contributed by atoms with Gasteiger partial charge in [0.2, 0.25) is 26.6 Å². The molecule has 2 aromatic carbocycles. The molecule has 9 heteroatoms. The van der Waals surface area contributed by atoms with E-state index in [1.807, 2.05) is 11.8 Å². The lowest BCUT2D eigenvalue weighted by molar-refractivity contribution is 0.340. The maximum absolute atomic E-state index is 13.6. The van der Waals surface area contributed by atoms with Gasteiger partial charge in [-0.05, 0) is 62.2 Å². The third-order valence-electron chi connectivity index (χ3n) is 5.33. The largest absolute Gasteiger partial charge is 0.494 e. The summed E-state index contributed by atoms with van der Waals surface area (Å²) in [5, 5.41) is 0.705. The minimum Gasteiger partial charge on any atom is -0.494 e. The Morgan fingerprint density at radius 3 is 2.34 bits per heavy atom. The zero-order chi connectivity index (χ0) is 22.7. The number of oxazole rings is 1. The van der Waals surface area contributed by atoms with Crippen molar-refractivity contribution in [1.29, 1.82) is 0 Å². The third-order valence-corrected chi connectivity index (χ3v) is 7.55.